The van der Waals surface area contributed by atoms with Gasteiger partial charge in [-0.05, 0) is 61.9 Å². The quantitative estimate of drug-likeness (QED) is 0.834. The summed E-state index contributed by atoms with van der Waals surface area (Å²) in [7, 11) is 1.91. The maximum absolute atomic E-state index is 12.6. The predicted molar refractivity (Wildman–Crippen MR) is 112 cm³/mol. The molecule has 2 unspecified atom stereocenters. The van der Waals surface area contributed by atoms with Gasteiger partial charge in [-0.2, -0.15) is 0 Å². The van der Waals surface area contributed by atoms with E-state index in [1.165, 1.54) is 16.7 Å². The lowest BCUT2D eigenvalue weighted by Crippen LogP contribution is -2.47. The van der Waals surface area contributed by atoms with Crippen LogP contribution in [0.5, 0.6) is 5.75 Å². The highest BCUT2D eigenvalue weighted by Crippen LogP contribution is 2.40. The monoisotopic (exact) mass is 378 g/mol. The first-order chi connectivity index (χ1) is 13.5. The summed E-state index contributed by atoms with van der Waals surface area (Å²) >= 11 is 0. The number of hydrogen-bond acceptors (Lipinski definition) is 3. The van der Waals surface area contributed by atoms with E-state index in [4.69, 9.17) is 4.74 Å². The minimum Gasteiger partial charge on any atom is -0.493 e. The lowest BCUT2D eigenvalue weighted by Gasteiger charge is -2.23. The Morgan fingerprint density at radius 3 is 2.82 bits per heavy atom. The fraction of sp³-hybridized carbons (Fsp3) is 0.458. The van der Waals surface area contributed by atoms with Crippen molar-refractivity contribution in [3.05, 3.63) is 53.6 Å². The molecule has 28 heavy (non-hydrogen) atoms. The lowest BCUT2D eigenvalue weighted by atomic mass is 9.95. The highest BCUT2D eigenvalue weighted by molar-refractivity contribution is 5.88. The molecule has 2 heterocycles. The van der Waals surface area contributed by atoms with Crippen molar-refractivity contribution < 1.29 is 9.53 Å². The number of likely N-dealkylation sites (N-methyl/N-ethyl adjacent to an activating group) is 1. The van der Waals surface area contributed by atoms with Crippen LogP contribution < -0.4 is 10.1 Å². The first-order valence-corrected chi connectivity index (χ1v) is 10.4. The van der Waals surface area contributed by atoms with Gasteiger partial charge in [0.2, 0.25) is 5.91 Å². The third-order valence-corrected chi connectivity index (χ3v) is 6.14. The number of rotatable bonds is 5. The minimum atomic E-state index is -0.353. The van der Waals surface area contributed by atoms with Gasteiger partial charge in [0.1, 0.15) is 11.3 Å². The molecule has 2 aromatic carbocycles. The Hall–Kier alpha value is -2.33. The number of nitrogens with one attached hydrogen (secondary N) is 1. The molecule has 148 valence electrons. The summed E-state index contributed by atoms with van der Waals surface area (Å²) in [4.78, 5) is 14.5. The van der Waals surface area contributed by atoms with Crippen LogP contribution in [0.4, 0.5) is 0 Å². The van der Waals surface area contributed by atoms with E-state index >= 15 is 0 Å². The van der Waals surface area contributed by atoms with Gasteiger partial charge in [0.25, 0.3) is 0 Å². The molecule has 0 saturated carbocycles. The van der Waals surface area contributed by atoms with Gasteiger partial charge in [0.05, 0.1) is 6.61 Å². The Morgan fingerprint density at radius 1 is 1.21 bits per heavy atom. The molecule has 2 fully saturated rings. The molecule has 2 atom stereocenters. The number of benzene rings is 2. The van der Waals surface area contributed by atoms with Crippen LogP contribution in [0, 0.1) is 6.92 Å². The third kappa shape index (κ3) is 3.42. The van der Waals surface area contributed by atoms with Gasteiger partial charge in [0.15, 0.2) is 0 Å². The van der Waals surface area contributed by atoms with Crippen molar-refractivity contribution in [2.45, 2.75) is 51.1 Å². The number of ether oxygens (including phenoxy) is 1. The van der Waals surface area contributed by atoms with Crippen LogP contribution in [-0.4, -0.2) is 36.5 Å². The van der Waals surface area contributed by atoms with Crippen LogP contribution in [-0.2, 0) is 4.79 Å². The summed E-state index contributed by atoms with van der Waals surface area (Å²) in [5.74, 6) is 1.19. The van der Waals surface area contributed by atoms with Crippen LogP contribution in [0.15, 0.2) is 42.5 Å². The number of carbonyl (C=O) groups is 1. The number of nitrogens with zero attached hydrogens (tertiary/aromatic N) is 1. The van der Waals surface area contributed by atoms with Gasteiger partial charge in [-0.1, -0.05) is 36.8 Å². The van der Waals surface area contributed by atoms with E-state index in [0.29, 0.717) is 0 Å². The molecule has 0 aromatic heterocycles. The Balaban J connectivity index is 1.61. The SMILES string of the molecule is CCCOc1ccc(C)cc1-c1cccc(C2CCC3(CCN(C)C3=O)N2)c1. The summed E-state index contributed by atoms with van der Waals surface area (Å²) in [6, 6.07) is 15.3. The van der Waals surface area contributed by atoms with Crippen molar-refractivity contribution in [3.8, 4) is 16.9 Å². The van der Waals surface area contributed by atoms with Crippen LogP contribution >= 0.6 is 0 Å². The number of amides is 1. The molecule has 0 aliphatic carbocycles. The zero-order valence-corrected chi connectivity index (χ0v) is 17.1. The minimum absolute atomic E-state index is 0.222. The maximum Gasteiger partial charge on any atom is 0.242 e. The molecule has 4 heteroatoms. The second-order valence-electron chi connectivity index (χ2n) is 8.27. The molecule has 1 N–H and O–H groups in total. The summed E-state index contributed by atoms with van der Waals surface area (Å²) in [6.45, 7) is 5.80. The van der Waals surface area contributed by atoms with Crippen molar-refractivity contribution in [1.82, 2.24) is 10.2 Å². The van der Waals surface area contributed by atoms with Crippen LogP contribution in [0.1, 0.15) is 49.8 Å². The predicted octanol–water partition coefficient (Wildman–Crippen LogP) is 4.48. The molecule has 1 spiro atoms. The van der Waals surface area contributed by atoms with Crippen LogP contribution in [0.25, 0.3) is 11.1 Å². The third-order valence-electron chi connectivity index (χ3n) is 6.14. The van der Waals surface area contributed by atoms with Crippen LogP contribution in [0.2, 0.25) is 0 Å². The molecule has 2 aromatic rings. The van der Waals surface area contributed by atoms with Crippen molar-refractivity contribution in [2.75, 3.05) is 20.2 Å². The number of aryl methyl sites for hydroxylation is 1. The Kier molecular flexibility index (Phi) is 5.15. The van der Waals surface area contributed by atoms with Gasteiger partial charge < -0.3 is 9.64 Å². The van der Waals surface area contributed by atoms with E-state index in [1.807, 2.05) is 11.9 Å². The standard InChI is InChI=1S/C24H30N2O2/c1-4-14-28-22-9-8-17(2)15-20(22)18-6-5-7-19(16-18)21-10-11-24(25-21)12-13-26(3)23(24)27/h5-9,15-16,21,25H,4,10-14H2,1-3H3. The number of carbonyl (C=O) groups excluding carboxylic acids is 1. The normalized spacial score (nSPS) is 24.3. The highest BCUT2D eigenvalue weighted by Gasteiger charge is 2.49. The fourth-order valence-electron chi connectivity index (χ4n) is 4.55. The second kappa shape index (κ2) is 7.59. The van der Waals surface area contributed by atoms with E-state index in [0.717, 1.165) is 50.1 Å². The van der Waals surface area contributed by atoms with E-state index < -0.39 is 0 Å². The molecule has 2 aliphatic heterocycles. The second-order valence-corrected chi connectivity index (χ2v) is 8.27. The first kappa shape index (κ1) is 19.0. The highest BCUT2D eigenvalue weighted by atomic mass is 16.5. The summed E-state index contributed by atoms with van der Waals surface area (Å²) < 4.78 is 6.00. The molecule has 2 saturated heterocycles. The Bertz CT molecular complexity index is 879. The fourth-order valence-corrected chi connectivity index (χ4v) is 4.55. The Morgan fingerprint density at radius 2 is 2.07 bits per heavy atom. The van der Waals surface area contributed by atoms with Gasteiger partial charge in [-0.3, -0.25) is 10.1 Å². The molecule has 4 rings (SSSR count). The van der Waals surface area contributed by atoms with Crippen molar-refractivity contribution in [1.29, 1.82) is 0 Å². The summed E-state index contributed by atoms with van der Waals surface area (Å²) in [6.07, 6.45) is 3.81. The lowest BCUT2D eigenvalue weighted by molar-refractivity contribution is -0.131. The summed E-state index contributed by atoms with van der Waals surface area (Å²) in [5.41, 5.74) is 4.43. The molecule has 0 radical (unpaired) electrons. The Labute approximate surface area is 167 Å². The number of likely N-dealkylation sites (tertiary alicyclic amines) is 1. The maximum atomic E-state index is 12.6. The first-order valence-electron chi connectivity index (χ1n) is 10.4. The van der Waals surface area contributed by atoms with E-state index in [1.54, 1.807) is 0 Å². The molecule has 0 bridgehead atoms. The smallest absolute Gasteiger partial charge is 0.242 e. The average molecular weight is 379 g/mol. The molecular formula is C24H30N2O2. The van der Waals surface area contributed by atoms with E-state index in [-0.39, 0.29) is 17.5 Å². The zero-order valence-electron chi connectivity index (χ0n) is 17.1. The van der Waals surface area contributed by atoms with Crippen LogP contribution in [0.3, 0.4) is 0 Å². The van der Waals surface area contributed by atoms with Gasteiger partial charge in [-0.15, -0.1) is 0 Å². The topological polar surface area (TPSA) is 41.6 Å². The summed E-state index contributed by atoms with van der Waals surface area (Å²) in [5, 5.41) is 3.68. The molecule has 4 nitrogen and oxygen atoms in total. The van der Waals surface area contributed by atoms with Crippen molar-refractivity contribution in [3.63, 3.8) is 0 Å². The zero-order chi connectivity index (χ0) is 19.7. The van der Waals surface area contributed by atoms with Gasteiger partial charge >= 0.3 is 0 Å². The van der Waals surface area contributed by atoms with E-state index in [2.05, 4.69) is 61.6 Å². The largest absolute Gasteiger partial charge is 0.493 e. The number of hydrogen-bond donors (Lipinski definition) is 1. The van der Waals surface area contributed by atoms with Gasteiger partial charge in [-0.25, -0.2) is 0 Å². The molecular weight excluding hydrogens is 348 g/mol. The average Bonchev–Trinajstić information content (AvgIpc) is 3.27. The van der Waals surface area contributed by atoms with Crippen molar-refractivity contribution >= 4 is 5.91 Å². The van der Waals surface area contributed by atoms with E-state index in [9.17, 15) is 4.79 Å². The molecule has 2 aliphatic rings. The van der Waals surface area contributed by atoms with Gasteiger partial charge in [0, 0.05) is 25.2 Å². The van der Waals surface area contributed by atoms with Crippen molar-refractivity contribution in [2.24, 2.45) is 0 Å². The molecule has 1 amide bonds.